The van der Waals surface area contributed by atoms with E-state index in [0.717, 1.165) is 10.8 Å². The molecule has 0 N–H and O–H groups in total. The third-order valence-electron chi connectivity index (χ3n) is 5.50. The van der Waals surface area contributed by atoms with Crippen LogP contribution in [0.3, 0.4) is 0 Å². The third-order valence-corrected chi connectivity index (χ3v) is 5.50. The van der Waals surface area contributed by atoms with Crippen LogP contribution in [0.15, 0.2) is 67.0 Å². The van der Waals surface area contributed by atoms with Crippen LogP contribution in [0.2, 0.25) is 0 Å². The number of ether oxygens (including phenoxy) is 1. The maximum absolute atomic E-state index is 13.1. The van der Waals surface area contributed by atoms with Crippen molar-refractivity contribution in [3.63, 3.8) is 0 Å². The lowest BCUT2D eigenvalue weighted by Gasteiger charge is -2.40. The molecule has 0 spiro atoms. The molecule has 30 heavy (non-hydrogen) atoms. The van der Waals surface area contributed by atoms with Gasteiger partial charge in [0.2, 0.25) is 0 Å². The minimum absolute atomic E-state index is 0.000627. The van der Waals surface area contributed by atoms with Crippen molar-refractivity contribution >= 4 is 22.6 Å². The second kappa shape index (κ2) is 8.53. The number of fused-ring (bicyclic) bond motifs is 1. The minimum atomic E-state index is -0.642. The van der Waals surface area contributed by atoms with E-state index < -0.39 is 6.10 Å². The average Bonchev–Trinajstić information content (AvgIpc) is 2.79. The number of nitrogens with zero attached hydrogens (tertiary/aromatic N) is 3. The molecule has 3 aromatic rings. The first-order valence-electron chi connectivity index (χ1n) is 10.2. The number of hydrogen-bond acceptors (Lipinski definition) is 4. The zero-order valence-electron chi connectivity index (χ0n) is 17.2. The van der Waals surface area contributed by atoms with E-state index in [1.165, 1.54) is 0 Å². The van der Waals surface area contributed by atoms with Crippen molar-refractivity contribution in [2.75, 3.05) is 19.6 Å². The molecule has 2 aromatic carbocycles. The Labute approximate surface area is 176 Å². The maximum atomic E-state index is 13.1. The van der Waals surface area contributed by atoms with Crippen molar-refractivity contribution in [3.05, 3.63) is 72.6 Å². The number of aromatic nitrogens is 1. The Morgan fingerprint density at radius 2 is 1.77 bits per heavy atom. The first-order valence-corrected chi connectivity index (χ1v) is 10.2. The molecule has 1 aliphatic heterocycles. The normalized spacial score (nSPS) is 17.6. The third kappa shape index (κ3) is 3.99. The number of hydrogen-bond donors (Lipinski definition) is 0. The van der Waals surface area contributed by atoms with E-state index in [2.05, 4.69) is 4.98 Å². The lowest BCUT2D eigenvalue weighted by atomic mass is 10.1. The van der Waals surface area contributed by atoms with Gasteiger partial charge in [-0.1, -0.05) is 42.5 Å². The van der Waals surface area contributed by atoms with Crippen LogP contribution < -0.4 is 4.74 Å². The number of carbonyl (C=O) groups is 2. The van der Waals surface area contributed by atoms with Crippen LogP contribution in [0.1, 0.15) is 24.2 Å². The van der Waals surface area contributed by atoms with Crippen LogP contribution in [0, 0.1) is 0 Å². The second-order valence-electron chi connectivity index (χ2n) is 7.62. The Balaban J connectivity index is 1.42. The fraction of sp³-hybridized carbons (Fsp3) is 0.292. The van der Waals surface area contributed by atoms with Crippen LogP contribution in [0.4, 0.5) is 0 Å². The van der Waals surface area contributed by atoms with Crippen LogP contribution >= 0.6 is 0 Å². The Hall–Kier alpha value is -3.41. The van der Waals surface area contributed by atoms with E-state index in [9.17, 15) is 9.59 Å². The summed E-state index contributed by atoms with van der Waals surface area (Å²) in [5, 5.41) is 1.90. The van der Waals surface area contributed by atoms with Crippen LogP contribution in [0.25, 0.3) is 10.8 Å². The molecular formula is C24H25N3O3. The average molecular weight is 403 g/mol. The van der Waals surface area contributed by atoms with Gasteiger partial charge in [0.05, 0.1) is 6.20 Å². The Morgan fingerprint density at radius 1 is 1.03 bits per heavy atom. The van der Waals surface area contributed by atoms with Crippen LogP contribution in [-0.2, 0) is 4.79 Å². The zero-order valence-corrected chi connectivity index (χ0v) is 17.2. The summed E-state index contributed by atoms with van der Waals surface area (Å²) in [5.41, 5.74) is 0.671. The summed E-state index contributed by atoms with van der Waals surface area (Å²) in [6, 6.07) is 17.0. The van der Waals surface area contributed by atoms with Crippen molar-refractivity contribution < 1.29 is 14.3 Å². The van der Waals surface area contributed by atoms with E-state index in [1.54, 1.807) is 24.2 Å². The molecule has 6 nitrogen and oxygen atoms in total. The van der Waals surface area contributed by atoms with Gasteiger partial charge in [-0.3, -0.25) is 14.6 Å². The zero-order chi connectivity index (χ0) is 21.1. The smallest absolute Gasteiger partial charge is 0.263 e. The SMILES string of the molecule is CC(Oc1cncc2ccccc12)C(=O)N1CCN(C(=O)c2ccccc2)C[C@H]1C. The standard InChI is InChI=1S/C24H25N3O3/c1-17-16-26(24(29)19-8-4-3-5-9-19)12-13-27(17)23(28)18(2)30-22-15-25-14-20-10-6-7-11-21(20)22/h3-11,14-15,17-18H,12-13,16H2,1-2H3/t17-,18?/m1/s1. The maximum Gasteiger partial charge on any atom is 0.263 e. The largest absolute Gasteiger partial charge is 0.479 e. The number of benzene rings is 2. The van der Waals surface area contributed by atoms with Gasteiger partial charge >= 0.3 is 0 Å². The Bertz CT molecular complexity index is 1050. The predicted octanol–water partition coefficient (Wildman–Crippen LogP) is 3.38. The van der Waals surface area contributed by atoms with Gasteiger partial charge in [-0.05, 0) is 26.0 Å². The van der Waals surface area contributed by atoms with E-state index >= 15 is 0 Å². The second-order valence-corrected chi connectivity index (χ2v) is 7.62. The Morgan fingerprint density at radius 3 is 2.53 bits per heavy atom. The quantitative estimate of drug-likeness (QED) is 0.670. The first-order chi connectivity index (χ1) is 14.5. The lowest BCUT2D eigenvalue weighted by molar-refractivity contribution is -0.142. The highest BCUT2D eigenvalue weighted by Gasteiger charge is 2.33. The number of piperazine rings is 1. The van der Waals surface area contributed by atoms with Crippen molar-refractivity contribution in [2.24, 2.45) is 0 Å². The number of carbonyl (C=O) groups excluding carboxylic acids is 2. The highest BCUT2D eigenvalue weighted by Crippen LogP contribution is 2.25. The minimum Gasteiger partial charge on any atom is -0.479 e. The van der Waals surface area contributed by atoms with Crippen molar-refractivity contribution in [1.29, 1.82) is 0 Å². The molecule has 1 aliphatic rings. The van der Waals surface area contributed by atoms with Crippen molar-refractivity contribution in [3.8, 4) is 5.75 Å². The molecule has 1 fully saturated rings. The number of amides is 2. The van der Waals surface area contributed by atoms with Crippen LogP contribution in [-0.4, -0.2) is 58.4 Å². The highest BCUT2D eigenvalue weighted by molar-refractivity contribution is 5.94. The molecule has 0 saturated carbocycles. The molecule has 1 saturated heterocycles. The fourth-order valence-corrected chi connectivity index (χ4v) is 3.89. The summed E-state index contributed by atoms with van der Waals surface area (Å²) in [6.07, 6.45) is 2.78. The molecule has 0 radical (unpaired) electrons. The summed E-state index contributed by atoms with van der Waals surface area (Å²) in [5.74, 6) is 0.516. The predicted molar refractivity (Wildman–Crippen MR) is 115 cm³/mol. The van der Waals surface area contributed by atoms with E-state index in [-0.39, 0.29) is 17.9 Å². The van der Waals surface area contributed by atoms with Crippen molar-refractivity contribution in [1.82, 2.24) is 14.8 Å². The van der Waals surface area contributed by atoms with Gasteiger partial charge in [-0.25, -0.2) is 0 Å². The first kappa shape index (κ1) is 19.9. The van der Waals surface area contributed by atoms with Gasteiger partial charge < -0.3 is 14.5 Å². The summed E-state index contributed by atoms with van der Waals surface area (Å²) in [7, 11) is 0. The molecule has 2 heterocycles. The summed E-state index contributed by atoms with van der Waals surface area (Å²) < 4.78 is 6.00. The van der Waals surface area contributed by atoms with E-state index in [4.69, 9.17) is 4.74 Å². The van der Waals surface area contributed by atoms with Gasteiger partial charge in [0.1, 0.15) is 5.75 Å². The van der Waals surface area contributed by atoms with Gasteiger partial charge in [-0.15, -0.1) is 0 Å². The summed E-state index contributed by atoms with van der Waals surface area (Å²) >= 11 is 0. The molecule has 4 rings (SSSR count). The molecule has 0 bridgehead atoms. The topological polar surface area (TPSA) is 62.7 Å². The summed E-state index contributed by atoms with van der Waals surface area (Å²) in [4.78, 5) is 33.6. The van der Waals surface area contributed by atoms with Gasteiger partial charge in [0.15, 0.2) is 6.10 Å². The Kier molecular flexibility index (Phi) is 5.65. The number of pyridine rings is 1. The van der Waals surface area contributed by atoms with E-state index in [0.29, 0.717) is 30.9 Å². The molecule has 0 aliphatic carbocycles. The van der Waals surface area contributed by atoms with Gasteiger partial charge in [0, 0.05) is 48.2 Å². The highest BCUT2D eigenvalue weighted by atomic mass is 16.5. The van der Waals surface area contributed by atoms with Gasteiger partial charge in [0.25, 0.3) is 11.8 Å². The fourth-order valence-electron chi connectivity index (χ4n) is 3.89. The molecule has 2 atom stereocenters. The van der Waals surface area contributed by atoms with E-state index in [1.807, 2.05) is 66.4 Å². The molecular weight excluding hydrogens is 378 g/mol. The van der Waals surface area contributed by atoms with Crippen molar-refractivity contribution in [2.45, 2.75) is 26.0 Å². The summed E-state index contributed by atoms with van der Waals surface area (Å²) in [6.45, 7) is 5.22. The molecule has 154 valence electrons. The molecule has 1 aromatic heterocycles. The molecule has 2 amide bonds. The number of rotatable bonds is 4. The lowest BCUT2D eigenvalue weighted by Crippen LogP contribution is -2.57. The monoisotopic (exact) mass is 403 g/mol. The molecule has 6 heteroatoms. The molecule has 1 unspecified atom stereocenters. The van der Waals surface area contributed by atoms with Crippen LogP contribution in [0.5, 0.6) is 5.75 Å². The van der Waals surface area contributed by atoms with Gasteiger partial charge in [-0.2, -0.15) is 0 Å².